The minimum Gasteiger partial charge on any atom is -0.466 e. The van der Waals surface area contributed by atoms with Crippen LogP contribution in [-0.2, 0) is 20.7 Å². The van der Waals surface area contributed by atoms with Gasteiger partial charge in [-0.05, 0) is 39.2 Å². The van der Waals surface area contributed by atoms with Gasteiger partial charge in [0.2, 0.25) is 0 Å². The van der Waals surface area contributed by atoms with E-state index in [0.29, 0.717) is 6.42 Å². The Hall–Kier alpha value is -2.30. The highest BCUT2D eigenvalue weighted by Crippen LogP contribution is 2.09. The Kier molecular flexibility index (Phi) is 7.32. The lowest BCUT2D eigenvalue weighted by molar-refractivity contribution is -0.134. The summed E-state index contributed by atoms with van der Waals surface area (Å²) in [5, 5.41) is 2.77. The Morgan fingerprint density at radius 3 is 2.43 bits per heavy atom. The Bertz CT molecular complexity index is 532. The molecule has 0 fully saturated rings. The first-order valence-corrected chi connectivity index (χ1v) is 7.60. The van der Waals surface area contributed by atoms with Crippen LogP contribution in [0.1, 0.15) is 32.8 Å². The molecular weight excluding hydrogens is 294 g/mol. The second-order valence-electron chi connectivity index (χ2n) is 6.16. The minimum atomic E-state index is -0.569. The molecule has 0 aliphatic heterocycles. The molecule has 0 aliphatic carbocycles. The molecule has 0 unspecified atom stereocenters. The van der Waals surface area contributed by atoms with Gasteiger partial charge in [-0.3, -0.25) is 0 Å². The number of amides is 1. The van der Waals surface area contributed by atoms with Crippen LogP contribution in [0, 0.1) is 0 Å². The summed E-state index contributed by atoms with van der Waals surface area (Å²) in [7, 11) is 1.31. The molecule has 0 radical (unpaired) electrons. The van der Waals surface area contributed by atoms with Gasteiger partial charge >= 0.3 is 12.1 Å². The van der Waals surface area contributed by atoms with Gasteiger partial charge in [0.05, 0.1) is 13.2 Å². The summed E-state index contributed by atoms with van der Waals surface area (Å²) >= 11 is 0. The molecule has 0 heterocycles. The predicted molar refractivity (Wildman–Crippen MR) is 89.1 cm³/mol. The number of benzene rings is 1. The molecule has 0 saturated carbocycles. The smallest absolute Gasteiger partial charge is 0.408 e. The summed E-state index contributed by atoms with van der Waals surface area (Å²) in [4.78, 5) is 23.2. The van der Waals surface area contributed by atoms with Crippen LogP contribution in [0.4, 0.5) is 4.79 Å². The van der Waals surface area contributed by atoms with Crippen LogP contribution in [-0.4, -0.2) is 30.8 Å². The average Bonchev–Trinajstić information content (AvgIpc) is 2.48. The third-order valence-electron chi connectivity index (χ3n) is 2.95. The molecule has 1 amide bonds. The van der Waals surface area contributed by atoms with Crippen molar-refractivity contribution in [3.05, 3.63) is 48.0 Å². The zero-order chi connectivity index (χ0) is 17.3. The number of aryl methyl sites for hydroxylation is 1. The second-order valence-corrected chi connectivity index (χ2v) is 6.16. The van der Waals surface area contributed by atoms with E-state index in [4.69, 9.17) is 4.74 Å². The minimum absolute atomic E-state index is 0.316. The summed E-state index contributed by atoms with van der Waals surface area (Å²) < 4.78 is 9.83. The van der Waals surface area contributed by atoms with E-state index in [1.807, 2.05) is 30.3 Å². The van der Waals surface area contributed by atoms with Gasteiger partial charge in [0.1, 0.15) is 5.60 Å². The first-order chi connectivity index (χ1) is 10.8. The molecule has 0 aromatic heterocycles. The van der Waals surface area contributed by atoms with E-state index in [1.165, 1.54) is 13.2 Å². The molecule has 1 aromatic rings. The predicted octanol–water partition coefficient (Wildman–Crippen LogP) is 3.24. The van der Waals surface area contributed by atoms with Gasteiger partial charge in [0.25, 0.3) is 0 Å². The monoisotopic (exact) mass is 319 g/mol. The van der Waals surface area contributed by atoms with Crippen LogP contribution in [0.3, 0.4) is 0 Å². The van der Waals surface area contributed by atoms with Gasteiger partial charge < -0.3 is 14.8 Å². The molecule has 1 rings (SSSR count). The Labute approximate surface area is 137 Å². The molecule has 0 bridgehead atoms. The first kappa shape index (κ1) is 18.7. The van der Waals surface area contributed by atoms with Crippen molar-refractivity contribution in [1.29, 1.82) is 0 Å². The summed E-state index contributed by atoms with van der Waals surface area (Å²) in [6.07, 6.45) is 3.85. The van der Waals surface area contributed by atoms with Crippen molar-refractivity contribution >= 4 is 12.1 Å². The maximum absolute atomic E-state index is 11.9. The lowest BCUT2D eigenvalue weighted by Crippen LogP contribution is -2.38. The Morgan fingerprint density at radius 1 is 1.22 bits per heavy atom. The van der Waals surface area contributed by atoms with Crippen LogP contribution in [0.2, 0.25) is 0 Å². The quantitative estimate of drug-likeness (QED) is 0.646. The fourth-order valence-electron chi connectivity index (χ4n) is 1.91. The summed E-state index contributed by atoms with van der Waals surface area (Å²) in [5.74, 6) is -0.458. The number of carbonyl (C=O) groups is 2. The van der Waals surface area contributed by atoms with Crippen LogP contribution < -0.4 is 5.32 Å². The molecule has 5 nitrogen and oxygen atoms in total. The number of nitrogens with one attached hydrogen (secondary N) is 1. The zero-order valence-corrected chi connectivity index (χ0v) is 14.2. The summed E-state index contributed by atoms with van der Waals surface area (Å²) in [6.45, 7) is 5.40. The second kappa shape index (κ2) is 8.98. The lowest BCUT2D eigenvalue weighted by Gasteiger charge is -2.22. The highest BCUT2D eigenvalue weighted by Gasteiger charge is 2.18. The first-order valence-electron chi connectivity index (χ1n) is 7.60. The molecule has 1 atom stereocenters. The van der Waals surface area contributed by atoms with Crippen molar-refractivity contribution in [3.8, 4) is 0 Å². The van der Waals surface area contributed by atoms with Gasteiger partial charge in [-0.2, -0.15) is 0 Å². The maximum atomic E-state index is 11.9. The third-order valence-corrected chi connectivity index (χ3v) is 2.95. The lowest BCUT2D eigenvalue weighted by atomic mass is 10.0. The highest BCUT2D eigenvalue weighted by molar-refractivity contribution is 5.82. The molecule has 0 aliphatic rings. The molecule has 23 heavy (non-hydrogen) atoms. The molecule has 126 valence electrons. The van der Waals surface area contributed by atoms with Crippen LogP contribution in [0.5, 0.6) is 0 Å². The summed E-state index contributed by atoms with van der Waals surface area (Å²) in [6, 6.07) is 9.62. The number of ether oxygens (including phenoxy) is 2. The summed E-state index contributed by atoms with van der Waals surface area (Å²) in [5.41, 5.74) is 0.593. The van der Waals surface area contributed by atoms with Crippen LogP contribution in [0.15, 0.2) is 42.5 Å². The van der Waals surface area contributed by atoms with Gasteiger partial charge in [-0.25, -0.2) is 9.59 Å². The number of carbonyl (C=O) groups excluding carboxylic acids is 2. The van der Waals surface area contributed by atoms with Crippen molar-refractivity contribution in [1.82, 2.24) is 5.32 Å². The average molecular weight is 319 g/mol. The van der Waals surface area contributed by atoms with Crippen LogP contribution >= 0.6 is 0 Å². The Morgan fingerprint density at radius 2 is 1.87 bits per heavy atom. The number of alkyl carbamates (subject to hydrolysis) is 1. The van der Waals surface area contributed by atoms with E-state index in [9.17, 15) is 9.59 Å². The normalized spacial score (nSPS) is 12.7. The van der Waals surface area contributed by atoms with Crippen molar-refractivity contribution < 1.29 is 19.1 Å². The fourth-order valence-corrected chi connectivity index (χ4v) is 1.91. The van der Waals surface area contributed by atoms with E-state index >= 15 is 0 Å². The van der Waals surface area contributed by atoms with Crippen molar-refractivity contribution in [2.75, 3.05) is 7.11 Å². The van der Waals surface area contributed by atoms with Gasteiger partial charge in [0.15, 0.2) is 0 Å². The molecule has 5 heteroatoms. The van der Waals surface area contributed by atoms with Gasteiger partial charge in [0, 0.05) is 6.08 Å². The highest BCUT2D eigenvalue weighted by atomic mass is 16.6. The van der Waals surface area contributed by atoms with Gasteiger partial charge in [-0.15, -0.1) is 0 Å². The SMILES string of the molecule is COC(=O)C=C[C@H](CCc1ccccc1)NC(=O)OC(C)(C)C. The topological polar surface area (TPSA) is 64.6 Å². The molecule has 1 N–H and O–H groups in total. The molecule has 0 spiro atoms. The standard InChI is InChI=1S/C18H25NO4/c1-18(2,3)23-17(21)19-15(12-13-16(20)22-4)11-10-14-8-6-5-7-9-14/h5-9,12-13,15H,10-11H2,1-4H3,(H,19,21)/t15-/m0/s1. The number of rotatable bonds is 6. The van der Waals surface area contributed by atoms with Crippen LogP contribution in [0.25, 0.3) is 0 Å². The Balaban J connectivity index is 2.66. The van der Waals surface area contributed by atoms with Crippen molar-refractivity contribution in [2.24, 2.45) is 0 Å². The van der Waals surface area contributed by atoms with E-state index < -0.39 is 17.7 Å². The van der Waals surface area contributed by atoms with Gasteiger partial charge in [-0.1, -0.05) is 36.4 Å². The van der Waals surface area contributed by atoms with E-state index in [2.05, 4.69) is 10.1 Å². The van der Waals surface area contributed by atoms with Crippen molar-refractivity contribution in [3.63, 3.8) is 0 Å². The largest absolute Gasteiger partial charge is 0.466 e. The number of hydrogen-bond donors (Lipinski definition) is 1. The molecule has 0 saturated heterocycles. The zero-order valence-electron chi connectivity index (χ0n) is 14.2. The van der Waals surface area contributed by atoms with E-state index in [1.54, 1.807) is 26.8 Å². The number of methoxy groups -OCH3 is 1. The van der Waals surface area contributed by atoms with E-state index in [0.717, 1.165) is 12.0 Å². The molecule has 1 aromatic carbocycles. The van der Waals surface area contributed by atoms with Crippen molar-refractivity contribution in [2.45, 2.75) is 45.3 Å². The molecular formula is C18H25NO4. The number of esters is 1. The fraction of sp³-hybridized carbons (Fsp3) is 0.444. The maximum Gasteiger partial charge on any atom is 0.408 e. The number of hydrogen-bond acceptors (Lipinski definition) is 4. The third kappa shape index (κ3) is 8.66. The van der Waals surface area contributed by atoms with E-state index in [-0.39, 0.29) is 6.04 Å².